The highest BCUT2D eigenvalue weighted by atomic mass is 19.1. The van der Waals surface area contributed by atoms with Gasteiger partial charge in [0.15, 0.2) is 11.6 Å². The Bertz CT molecular complexity index is 1230. The Kier molecular flexibility index (Phi) is 7.40. The minimum absolute atomic E-state index is 0.174. The second-order valence-electron chi connectivity index (χ2n) is 8.61. The molecule has 0 aliphatic rings. The summed E-state index contributed by atoms with van der Waals surface area (Å²) < 4.78 is 23.0. The van der Waals surface area contributed by atoms with Crippen LogP contribution in [-0.4, -0.2) is 32.8 Å². The summed E-state index contributed by atoms with van der Waals surface area (Å²) in [6.07, 6.45) is 7.71. The van der Waals surface area contributed by atoms with Crippen LogP contribution in [0.2, 0.25) is 0 Å². The second kappa shape index (κ2) is 10.6. The molecule has 0 saturated carbocycles. The summed E-state index contributed by atoms with van der Waals surface area (Å²) in [5.41, 5.74) is 2.44. The molecule has 4 aromatic rings. The monoisotopic (exact) mass is 461 g/mol. The number of benzene rings is 2. The smallest absolute Gasteiger partial charge is 0.253 e. The van der Waals surface area contributed by atoms with E-state index in [4.69, 9.17) is 9.72 Å². The number of fused-ring (bicyclic) bond motifs is 1. The van der Waals surface area contributed by atoms with Crippen LogP contribution in [0, 0.1) is 19.7 Å². The molecule has 0 aliphatic carbocycles. The van der Waals surface area contributed by atoms with E-state index in [2.05, 4.69) is 28.8 Å². The van der Waals surface area contributed by atoms with Crippen LogP contribution in [0.4, 0.5) is 10.2 Å². The normalized spacial score (nSPS) is 11.2. The highest BCUT2D eigenvalue weighted by Gasteiger charge is 2.19. The van der Waals surface area contributed by atoms with E-state index in [9.17, 15) is 0 Å². The lowest BCUT2D eigenvalue weighted by Crippen LogP contribution is -2.27. The average Bonchev–Trinajstić information content (AvgIpc) is 3.36. The fourth-order valence-corrected chi connectivity index (χ4v) is 4.00. The zero-order valence-electron chi connectivity index (χ0n) is 20.4. The lowest BCUT2D eigenvalue weighted by Gasteiger charge is -2.25. The topological polar surface area (TPSA) is 56.1 Å². The molecule has 0 spiro atoms. The summed E-state index contributed by atoms with van der Waals surface area (Å²) in [6.45, 7) is 10.0. The van der Waals surface area contributed by atoms with Gasteiger partial charge in [0.2, 0.25) is 0 Å². The number of halogens is 1. The van der Waals surface area contributed by atoms with Crippen LogP contribution >= 0.6 is 0 Å². The SMILES string of the molecule is CCCCN(CCCC)c1nc(-n2cccn2)nc2cc(F)c(Oc3c(C)cccc3C)cc12. The molecule has 0 aliphatic heterocycles. The third-order valence-corrected chi connectivity index (χ3v) is 5.91. The van der Waals surface area contributed by atoms with Crippen LogP contribution in [0.5, 0.6) is 11.5 Å². The van der Waals surface area contributed by atoms with Crippen LogP contribution in [-0.2, 0) is 0 Å². The molecular formula is C27H32FN5O. The number of hydrogen-bond donors (Lipinski definition) is 0. The van der Waals surface area contributed by atoms with Crippen molar-refractivity contribution in [1.82, 2.24) is 19.7 Å². The largest absolute Gasteiger partial charge is 0.454 e. The Morgan fingerprint density at radius 3 is 2.29 bits per heavy atom. The molecule has 6 nitrogen and oxygen atoms in total. The van der Waals surface area contributed by atoms with E-state index in [-0.39, 0.29) is 5.75 Å². The zero-order chi connectivity index (χ0) is 24.1. The van der Waals surface area contributed by atoms with Gasteiger partial charge in [-0.1, -0.05) is 44.9 Å². The summed E-state index contributed by atoms with van der Waals surface area (Å²) >= 11 is 0. The molecule has 2 aromatic carbocycles. The number of rotatable bonds is 10. The maximum absolute atomic E-state index is 15.3. The van der Waals surface area contributed by atoms with Gasteiger partial charge in [0.1, 0.15) is 11.6 Å². The molecule has 178 valence electrons. The Balaban J connectivity index is 1.87. The molecule has 2 aromatic heterocycles. The van der Waals surface area contributed by atoms with E-state index in [1.165, 1.54) is 6.07 Å². The van der Waals surface area contributed by atoms with Gasteiger partial charge in [-0.25, -0.2) is 14.1 Å². The van der Waals surface area contributed by atoms with Crippen LogP contribution < -0.4 is 9.64 Å². The molecule has 0 bridgehead atoms. The molecule has 0 unspecified atom stereocenters. The molecular weight excluding hydrogens is 429 g/mol. The first kappa shape index (κ1) is 23.7. The van der Waals surface area contributed by atoms with Gasteiger partial charge in [0.05, 0.1) is 5.52 Å². The number of aryl methyl sites for hydroxylation is 2. The van der Waals surface area contributed by atoms with E-state index in [0.29, 0.717) is 17.2 Å². The van der Waals surface area contributed by atoms with Gasteiger partial charge < -0.3 is 9.64 Å². The Morgan fingerprint density at radius 1 is 0.971 bits per heavy atom. The first-order valence-electron chi connectivity index (χ1n) is 12.0. The van der Waals surface area contributed by atoms with Crippen LogP contribution in [0.3, 0.4) is 0 Å². The van der Waals surface area contributed by atoms with Crippen molar-refractivity contribution in [3.63, 3.8) is 0 Å². The fraction of sp³-hybridized carbons (Fsp3) is 0.370. The lowest BCUT2D eigenvalue weighted by atomic mass is 10.1. The van der Waals surface area contributed by atoms with Crippen molar-refractivity contribution < 1.29 is 9.13 Å². The van der Waals surface area contributed by atoms with Crippen LogP contribution in [0.25, 0.3) is 16.9 Å². The molecule has 0 N–H and O–H groups in total. The number of anilines is 1. The maximum atomic E-state index is 15.3. The molecule has 4 rings (SSSR count). The Morgan fingerprint density at radius 2 is 1.68 bits per heavy atom. The van der Waals surface area contributed by atoms with E-state index in [1.807, 2.05) is 38.1 Å². The standard InChI is InChI=1S/C27H32FN5O/c1-5-7-14-32(15-8-6-2)26-21-17-24(34-25-19(3)11-9-12-20(25)4)22(28)18-23(21)30-27(31-26)33-16-10-13-29-33/h9-13,16-18H,5-8,14-15H2,1-4H3. The zero-order valence-corrected chi connectivity index (χ0v) is 20.4. The molecule has 0 amide bonds. The number of ether oxygens (including phenoxy) is 1. The minimum Gasteiger partial charge on any atom is -0.454 e. The highest BCUT2D eigenvalue weighted by molar-refractivity contribution is 5.91. The number of nitrogens with zero attached hydrogens (tertiary/aromatic N) is 5. The van der Waals surface area contributed by atoms with Crippen molar-refractivity contribution in [3.05, 3.63) is 65.7 Å². The van der Waals surface area contributed by atoms with E-state index >= 15 is 4.39 Å². The van der Waals surface area contributed by atoms with Crippen LogP contribution in [0.1, 0.15) is 50.7 Å². The summed E-state index contributed by atoms with van der Waals surface area (Å²) in [5.74, 6) is 1.59. The summed E-state index contributed by atoms with van der Waals surface area (Å²) in [6, 6.07) is 10.9. The number of para-hydroxylation sites is 1. The van der Waals surface area contributed by atoms with Crippen molar-refractivity contribution in [3.8, 4) is 17.4 Å². The fourth-order valence-electron chi connectivity index (χ4n) is 4.00. The number of aromatic nitrogens is 4. The van der Waals surface area contributed by atoms with Gasteiger partial charge in [-0.2, -0.15) is 10.1 Å². The van der Waals surface area contributed by atoms with Crippen molar-refractivity contribution >= 4 is 16.7 Å². The molecule has 2 heterocycles. The Labute approximate surface area is 200 Å². The molecule has 0 fully saturated rings. The number of hydrogen-bond acceptors (Lipinski definition) is 5. The predicted octanol–water partition coefficient (Wildman–Crippen LogP) is 6.77. The van der Waals surface area contributed by atoms with Gasteiger partial charge in [0, 0.05) is 36.9 Å². The van der Waals surface area contributed by atoms with Crippen molar-refractivity contribution in [1.29, 1.82) is 0 Å². The molecule has 0 atom stereocenters. The van der Waals surface area contributed by atoms with Gasteiger partial charge in [-0.15, -0.1) is 0 Å². The van der Waals surface area contributed by atoms with Gasteiger partial charge >= 0.3 is 0 Å². The predicted molar refractivity (Wildman–Crippen MR) is 135 cm³/mol. The average molecular weight is 462 g/mol. The Hall–Kier alpha value is -3.48. The van der Waals surface area contributed by atoms with Gasteiger partial charge in [-0.3, -0.25) is 0 Å². The third-order valence-electron chi connectivity index (χ3n) is 5.91. The number of unbranched alkanes of at least 4 members (excludes halogenated alkanes) is 2. The molecule has 7 heteroatoms. The maximum Gasteiger partial charge on any atom is 0.253 e. The van der Waals surface area contributed by atoms with Crippen LogP contribution in [0.15, 0.2) is 48.8 Å². The second-order valence-corrected chi connectivity index (χ2v) is 8.61. The first-order chi connectivity index (χ1) is 16.5. The van der Waals surface area contributed by atoms with Crippen molar-refractivity contribution in [2.24, 2.45) is 0 Å². The van der Waals surface area contributed by atoms with Crippen molar-refractivity contribution in [2.75, 3.05) is 18.0 Å². The first-order valence-corrected chi connectivity index (χ1v) is 12.0. The van der Waals surface area contributed by atoms with Gasteiger partial charge in [-0.05, 0) is 49.9 Å². The van der Waals surface area contributed by atoms with E-state index in [0.717, 1.165) is 61.1 Å². The lowest BCUT2D eigenvalue weighted by molar-refractivity contribution is 0.438. The minimum atomic E-state index is -0.458. The summed E-state index contributed by atoms with van der Waals surface area (Å²) in [7, 11) is 0. The third kappa shape index (κ3) is 5.03. The quantitative estimate of drug-likeness (QED) is 0.261. The highest BCUT2D eigenvalue weighted by Crippen LogP contribution is 2.35. The van der Waals surface area contributed by atoms with E-state index < -0.39 is 5.82 Å². The van der Waals surface area contributed by atoms with Gasteiger partial charge in [0.25, 0.3) is 5.95 Å². The summed E-state index contributed by atoms with van der Waals surface area (Å²) in [4.78, 5) is 11.8. The van der Waals surface area contributed by atoms with Crippen molar-refractivity contribution in [2.45, 2.75) is 53.4 Å². The molecule has 0 radical (unpaired) electrons. The summed E-state index contributed by atoms with van der Waals surface area (Å²) in [5, 5.41) is 5.06. The van der Waals surface area contributed by atoms with E-state index in [1.54, 1.807) is 23.1 Å². The molecule has 34 heavy (non-hydrogen) atoms. The molecule has 0 saturated heterocycles.